The average Bonchev–Trinajstić information content (AvgIpc) is 3.15. The van der Waals surface area contributed by atoms with Crippen LogP contribution in [0.15, 0.2) is 5.38 Å². The summed E-state index contributed by atoms with van der Waals surface area (Å²) in [5, 5.41) is 5.29. The largest absolute Gasteiger partial charge is 0.466 e. The number of hydrogen-bond acceptors (Lipinski definition) is 5. The SMILES string of the molecule is CCOC(=O)Cc1csc(NC(=O)C2CC3CCC2C3)n1. The first kappa shape index (κ1) is 14.5. The van der Waals surface area contributed by atoms with Crippen molar-refractivity contribution < 1.29 is 14.3 Å². The van der Waals surface area contributed by atoms with Gasteiger partial charge in [0.05, 0.1) is 18.7 Å². The Bertz CT molecular complexity index is 543. The van der Waals surface area contributed by atoms with Crippen molar-refractivity contribution in [1.29, 1.82) is 0 Å². The smallest absolute Gasteiger partial charge is 0.311 e. The van der Waals surface area contributed by atoms with Crippen LogP contribution in [0.2, 0.25) is 0 Å². The zero-order valence-corrected chi connectivity index (χ0v) is 12.9. The van der Waals surface area contributed by atoms with Gasteiger partial charge >= 0.3 is 5.97 Å². The van der Waals surface area contributed by atoms with Crippen molar-refractivity contribution in [2.75, 3.05) is 11.9 Å². The van der Waals surface area contributed by atoms with Gasteiger partial charge in [-0.1, -0.05) is 6.42 Å². The number of amides is 1. The highest BCUT2D eigenvalue weighted by atomic mass is 32.1. The fourth-order valence-corrected chi connectivity index (χ4v) is 4.28. The van der Waals surface area contributed by atoms with E-state index in [4.69, 9.17) is 4.74 Å². The van der Waals surface area contributed by atoms with Crippen LogP contribution < -0.4 is 5.32 Å². The minimum atomic E-state index is -0.284. The van der Waals surface area contributed by atoms with E-state index in [0.29, 0.717) is 23.4 Å². The van der Waals surface area contributed by atoms with Crippen LogP contribution in [0.3, 0.4) is 0 Å². The summed E-state index contributed by atoms with van der Waals surface area (Å²) in [4.78, 5) is 28.0. The number of hydrogen-bond donors (Lipinski definition) is 1. The summed E-state index contributed by atoms with van der Waals surface area (Å²) in [7, 11) is 0. The Labute approximate surface area is 128 Å². The molecule has 6 heteroatoms. The minimum Gasteiger partial charge on any atom is -0.466 e. The first-order valence-corrected chi connectivity index (χ1v) is 8.44. The molecule has 2 saturated carbocycles. The van der Waals surface area contributed by atoms with E-state index in [1.54, 1.807) is 12.3 Å². The molecular weight excluding hydrogens is 288 g/mol. The first-order chi connectivity index (χ1) is 10.2. The van der Waals surface area contributed by atoms with Gasteiger partial charge in [0.25, 0.3) is 0 Å². The maximum Gasteiger partial charge on any atom is 0.311 e. The molecule has 3 unspecified atom stereocenters. The number of ether oxygens (including phenoxy) is 1. The molecule has 0 radical (unpaired) electrons. The Balaban J connectivity index is 1.54. The van der Waals surface area contributed by atoms with E-state index in [1.165, 1.54) is 30.6 Å². The molecule has 2 aliphatic carbocycles. The lowest BCUT2D eigenvalue weighted by Gasteiger charge is -2.19. The second kappa shape index (κ2) is 6.13. The van der Waals surface area contributed by atoms with E-state index in [-0.39, 0.29) is 24.2 Å². The van der Waals surface area contributed by atoms with Gasteiger partial charge in [-0.05, 0) is 38.0 Å². The lowest BCUT2D eigenvalue weighted by Crippen LogP contribution is -2.27. The van der Waals surface area contributed by atoms with Crippen LogP contribution in [0.5, 0.6) is 0 Å². The summed E-state index contributed by atoms with van der Waals surface area (Å²) in [6, 6.07) is 0. The lowest BCUT2D eigenvalue weighted by atomic mass is 9.88. The van der Waals surface area contributed by atoms with Crippen LogP contribution in [0.1, 0.15) is 38.3 Å². The molecule has 2 bridgehead atoms. The first-order valence-electron chi connectivity index (χ1n) is 7.56. The van der Waals surface area contributed by atoms with Crippen LogP contribution in [-0.4, -0.2) is 23.5 Å². The molecule has 2 fully saturated rings. The normalized spacial score (nSPS) is 26.8. The Morgan fingerprint density at radius 1 is 1.43 bits per heavy atom. The molecule has 1 aromatic heterocycles. The average molecular weight is 308 g/mol. The summed E-state index contributed by atoms with van der Waals surface area (Å²) < 4.78 is 4.89. The number of thiazole rings is 1. The maximum atomic E-state index is 12.3. The van der Waals surface area contributed by atoms with Crippen molar-refractivity contribution in [3.63, 3.8) is 0 Å². The predicted molar refractivity (Wildman–Crippen MR) is 80.0 cm³/mol. The number of nitrogens with zero attached hydrogens (tertiary/aromatic N) is 1. The zero-order valence-electron chi connectivity index (χ0n) is 12.1. The van der Waals surface area contributed by atoms with Gasteiger partial charge in [0.15, 0.2) is 5.13 Å². The van der Waals surface area contributed by atoms with Crippen molar-refractivity contribution in [1.82, 2.24) is 4.98 Å². The molecule has 114 valence electrons. The molecule has 3 rings (SSSR count). The Hall–Kier alpha value is -1.43. The fraction of sp³-hybridized carbons (Fsp3) is 0.667. The van der Waals surface area contributed by atoms with E-state index < -0.39 is 0 Å². The monoisotopic (exact) mass is 308 g/mol. The third kappa shape index (κ3) is 3.26. The highest BCUT2D eigenvalue weighted by molar-refractivity contribution is 7.13. The molecule has 1 heterocycles. The van der Waals surface area contributed by atoms with E-state index in [1.807, 2.05) is 0 Å². The number of nitrogens with one attached hydrogen (secondary N) is 1. The van der Waals surface area contributed by atoms with E-state index in [0.717, 1.165) is 12.3 Å². The van der Waals surface area contributed by atoms with Gasteiger partial charge < -0.3 is 10.1 Å². The van der Waals surface area contributed by atoms with Crippen molar-refractivity contribution in [2.45, 2.75) is 39.0 Å². The summed E-state index contributed by atoms with van der Waals surface area (Å²) in [5.41, 5.74) is 0.654. The van der Waals surface area contributed by atoms with Crippen LogP contribution in [0.25, 0.3) is 0 Å². The van der Waals surface area contributed by atoms with Crippen molar-refractivity contribution in [3.05, 3.63) is 11.1 Å². The third-order valence-corrected chi connectivity index (χ3v) is 5.29. The highest BCUT2D eigenvalue weighted by Gasteiger charge is 2.43. The van der Waals surface area contributed by atoms with Crippen LogP contribution >= 0.6 is 11.3 Å². The number of aromatic nitrogens is 1. The second-order valence-corrected chi connectivity index (χ2v) is 6.75. The topological polar surface area (TPSA) is 68.3 Å². The van der Waals surface area contributed by atoms with Crippen molar-refractivity contribution in [2.24, 2.45) is 17.8 Å². The molecule has 1 N–H and O–H groups in total. The number of rotatable bonds is 5. The number of fused-ring (bicyclic) bond motifs is 2. The van der Waals surface area contributed by atoms with Crippen LogP contribution in [0, 0.1) is 17.8 Å². The van der Waals surface area contributed by atoms with E-state index in [9.17, 15) is 9.59 Å². The second-order valence-electron chi connectivity index (χ2n) is 5.90. The number of carbonyl (C=O) groups excluding carboxylic acids is 2. The molecule has 1 amide bonds. The molecule has 2 aliphatic rings. The number of esters is 1. The molecular formula is C15H20N2O3S. The summed E-state index contributed by atoms with van der Waals surface area (Å²) >= 11 is 1.37. The maximum absolute atomic E-state index is 12.3. The van der Waals surface area contributed by atoms with E-state index in [2.05, 4.69) is 10.3 Å². The van der Waals surface area contributed by atoms with Gasteiger partial charge in [-0.25, -0.2) is 4.98 Å². The number of carbonyl (C=O) groups is 2. The van der Waals surface area contributed by atoms with Crippen molar-refractivity contribution >= 4 is 28.3 Å². The minimum absolute atomic E-state index is 0.0965. The number of anilines is 1. The highest BCUT2D eigenvalue weighted by Crippen LogP contribution is 2.48. The van der Waals surface area contributed by atoms with Gasteiger partial charge in [0.2, 0.25) is 5.91 Å². The van der Waals surface area contributed by atoms with Gasteiger partial charge in [-0.2, -0.15) is 0 Å². The fourth-order valence-electron chi connectivity index (χ4n) is 3.57. The van der Waals surface area contributed by atoms with Crippen molar-refractivity contribution in [3.8, 4) is 0 Å². The van der Waals surface area contributed by atoms with Gasteiger partial charge in [0, 0.05) is 11.3 Å². The lowest BCUT2D eigenvalue weighted by molar-refractivity contribution is -0.142. The summed E-state index contributed by atoms with van der Waals surface area (Å²) in [6.45, 7) is 2.15. The molecule has 0 aliphatic heterocycles. The van der Waals surface area contributed by atoms with E-state index >= 15 is 0 Å². The quantitative estimate of drug-likeness (QED) is 0.849. The molecule has 1 aromatic rings. The predicted octanol–water partition coefficient (Wildman–Crippen LogP) is 2.62. The zero-order chi connectivity index (χ0) is 14.8. The van der Waals surface area contributed by atoms with Crippen LogP contribution in [0.4, 0.5) is 5.13 Å². The molecule has 0 aromatic carbocycles. The Kier molecular flexibility index (Phi) is 4.24. The molecule has 5 nitrogen and oxygen atoms in total. The Morgan fingerprint density at radius 2 is 2.29 bits per heavy atom. The van der Waals surface area contributed by atoms with Gasteiger partial charge in [0.1, 0.15) is 0 Å². The molecule has 0 spiro atoms. The molecule has 21 heavy (non-hydrogen) atoms. The van der Waals surface area contributed by atoms with Gasteiger partial charge in [-0.15, -0.1) is 11.3 Å². The summed E-state index contributed by atoms with van der Waals surface area (Å²) in [6.07, 6.45) is 4.88. The van der Waals surface area contributed by atoms with Gasteiger partial charge in [-0.3, -0.25) is 9.59 Å². The van der Waals surface area contributed by atoms with Crippen LogP contribution in [-0.2, 0) is 20.7 Å². The Morgan fingerprint density at radius 3 is 2.95 bits per heavy atom. The standard InChI is InChI=1S/C15H20N2O3S/c1-2-20-13(18)7-11-8-21-15(16-11)17-14(19)12-6-9-3-4-10(12)5-9/h8-10,12H,2-7H2,1H3,(H,16,17,19). The third-order valence-electron chi connectivity index (χ3n) is 4.49. The molecule has 0 saturated heterocycles. The summed E-state index contributed by atoms with van der Waals surface area (Å²) in [5.74, 6) is 1.28. The molecule has 3 atom stereocenters.